The summed E-state index contributed by atoms with van der Waals surface area (Å²) in [7, 11) is 1.31. The second kappa shape index (κ2) is 9.00. The first kappa shape index (κ1) is 18.7. The Hall–Kier alpha value is -3.13. The molecule has 0 spiro atoms. The fourth-order valence-corrected chi connectivity index (χ4v) is 3.00. The van der Waals surface area contributed by atoms with Crippen LogP contribution in [0.1, 0.15) is 21.7 Å². The van der Waals surface area contributed by atoms with Crippen LogP contribution in [0.3, 0.4) is 0 Å². The van der Waals surface area contributed by atoms with Gasteiger partial charge < -0.3 is 10.1 Å². The summed E-state index contributed by atoms with van der Waals surface area (Å²) in [5.74, 6) is 0.240. The van der Waals surface area contributed by atoms with Crippen LogP contribution in [-0.4, -0.2) is 39.9 Å². The zero-order valence-electron chi connectivity index (χ0n) is 14.6. The molecule has 1 heterocycles. The zero-order valence-corrected chi connectivity index (χ0v) is 15.5. The molecule has 3 aromatic rings. The SMILES string of the molecule is COC(=O)c1cccc(NC(=O)CSc2n[nH]c(Cc3ccccc3)n2)c1. The molecule has 0 unspecified atom stereocenters. The normalized spacial score (nSPS) is 10.4. The molecule has 8 heteroatoms. The molecule has 0 aliphatic carbocycles. The number of methoxy groups -OCH3 is 1. The number of hydrogen-bond donors (Lipinski definition) is 2. The Bertz CT molecular complexity index is 927. The maximum absolute atomic E-state index is 12.1. The van der Waals surface area contributed by atoms with Crippen molar-refractivity contribution in [1.82, 2.24) is 15.2 Å². The third-order valence-electron chi connectivity index (χ3n) is 3.63. The van der Waals surface area contributed by atoms with Gasteiger partial charge in [0.05, 0.1) is 18.4 Å². The molecule has 0 radical (unpaired) electrons. The average molecular weight is 382 g/mol. The number of benzene rings is 2. The van der Waals surface area contributed by atoms with Gasteiger partial charge in [0.25, 0.3) is 0 Å². The molecule has 2 aromatic carbocycles. The van der Waals surface area contributed by atoms with Crippen molar-refractivity contribution in [3.05, 3.63) is 71.5 Å². The first-order valence-electron chi connectivity index (χ1n) is 8.20. The number of carbonyl (C=O) groups is 2. The van der Waals surface area contributed by atoms with E-state index in [-0.39, 0.29) is 11.7 Å². The largest absolute Gasteiger partial charge is 0.465 e. The molecule has 1 aromatic heterocycles. The van der Waals surface area contributed by atoms with Crippen molar-refractivity contribution < 1.29 is 14.3 Å². The number of amides is 1. The average Bonchev–Trinajstić information content (AvgIpc) is 3.14. The molecule has 2 N–H and O–H groups in total. The molecule has 138 valence electrons. The molecule has 0 aliphatic rings. The second-order valence-corrected chi connectivity index (χ2v) is 6.58. The van der Waals surface area contributed by atoms with Crippen molar-refractivity contribution in [2.24, 2.45) is 0 Å². The minimum Gasteiger partial charge on any atom is -0.465 e. The van der Waals surface area contributed by atoms with Crippen molar-refractivity contribution in [2.75, 3.05) is 18.2 Å². The van der Waals surface area contributed by atoms with Gasteiger partial charge in [-0.2, -0.15) is 0 Å². The number of anilines is 1. The summed E-state index contributed by atoms with van der Waals surface area (Å²) in [6.07, 6.45) is 0.654. The van der Waals surface area contributed by atoms with Crippen molar-refractivity contribution in [2.45, 2.75) is 11.6 Å². The summed E-state index contributed by atoms with van der Waals surface area (Å²) in [6, 6.07) is 16.5. The Labute approximate surface area is 160 Å². The van der Waals surface area contributed by atoms with E-state index in [4.69, 9.17) is 0 Å². The highest BCUT2D eigenvalue weighted by Gasteiger charge is 2.10. The van der Waals surface area contributed by atoms with Gasteiger partial charge in [-0.1, -0.05) is 48.2 Å². The third kappa shape index (κ3) is 5.42. The molecule has 0 saturated carbocycles. The lowest BCUT2D eigenvalue weighted by molar-refractivity contribution is -0.113. The number of nitrogens with zero attached hydrogens (tertiary/aromatic N) is 2. The number of ether oxygens (including phenoxy) is 1. The lowest BCUT2D eigenvalue weighted by atomic mass is 10.1. The van der Waals surface area contributed by atoms with Crippen LogP contribution in [0.15, 0.2) is 59.8 Å². The summed E-state index contributed by atoms with van der Waals surface area (Å²) < 4.78 is 4.67. The number of H-pyrrole nitrogens is 1. The maximum Gasteiger partial charge on any atom is 0.337 e. The molecular weight excluding hydrogens is 364 g/mol. The zero-order chi connectivity index (χ0) is 19.1. The lowest BCUT2D eigenvalue weighted by Crippen LogP contribution is -2.14. The van der Waals surface area contributed by atoms with E-state index in [0.717, 1.165) is 11.4 Å². The van der Waals surface area contributed by atoms with Crippen molar-refractivity contribution in [3.8, 4) is 0 Å². The van der Waals surface area contributed by atoms with Gasteiger partial charge in [-0.05, 0) is 23.8 Å². The summed E-state index contributed by atoms with van der Waals surface area (Å²) in [4.78, 5) is 28.0. The van der Waals surface area contributed by atoms with E-state index in [1.807, 2.05) is 30.3 Å². The van der Waals surface area contributed by atoms with Gasteiger partial charge in [0.2, 0.25) is 11.1 Å². The Morgan fingerprint density at radius 2 is 1.96 bits per heavy atom. The van der Waals surface area contributed by atoms with Gasteiger partial charge in [0, 0.05) is 12.1 Å². The first-order valence-corrected chi connectivity index (χ1v) is 9.19. The number of aromatic nitrogens is 3. The molecular formula is C19H18N4O3S. The van der Waals surface area contributed by atoms with Crippen molar-refractivity contribution in [3.63, 3.8) is 0 Å². The topological polar surface area (TPSA) is 97.0 Å². The van der Waals surface area contributed by atoms with E-state index >= 15 is 0 Å². The molecule has 0 saturated heterocycles. The highest BCUT2D eigenvalue weighted by atomic mass is 32.2. The van der Waals surface area contributed by atoms with Crippen LogP contribution < -0.4 is 5.32 Å². The van der Waals surface area contributed by atoms with Crippen LogP contribution >= 0.6 is 11.8 Å². The van der Waals surface area contributed by atoms with E-state index < -0.39 is 5.97 Å². The Balaban J connectivity index is 1.52. The smallest absolute Gasteiger partial charge is 0.337 e. The fraction of sp³-hybridized carbons (Fsp3) is 0.158. The number of carbonyl (C=O) groups excluding carboxylic acids is 2. The molecule has 0 bridgehead atoms. The number of esters is 1. The Morgan fingerprint density at radius 1 is 1.15 bits per heavy atom. The van der Waals surface area contributed by atoms with Crippen LogP contribution in [-0.2, 0) is 16.0 Å². The minimum atomic E-state index is -0.452. The maximum atomic E-state index is 12.1. The van der Waals surface area contributed by atoms with E-state index in [0.29, 0.717) is 22.8 Å². The standard InChI is InChI=1S/C19H18N4O3S/c1-26-18(25)14-8-5-9-15(11-14)20-17(24)12-27-19-21-16(22-23-19)10-13-6-3-2-4-7-13/h2-9,11H,10,12H2,1H3,(H,20,24)(H,21,22,23). The van der Waals surface area contributed by atoms with Gasteiger partial charge in [-0.15, -0.1) is 5.10 Å². The number of rotatable bonds is 7. The Morgan fingerprint density at radius 3 is 2.74 bits per heavy atom. The predicted molar refractivity (Wildman–Crippen MR) is 103 cm³/mol. The van der Waals surface area contributed by atoms with Crippen LogP contribution in [0.4, 0.5) is 5.69 Å². The van der Waals surface area contributed by atoms with Crippen molar-refractivity contribution >= 4 is 29.3 Å². The number of thioether (sulfide) groups is 1. The van der Waals surface area contributed by atoms with Gasteiger partial charge in [0.1, 0.15) is 5.82 Å². The lowest BCUT2D eigenvalue weighted by Gasteiger charge is -2.06. The van der Waals surface area contributed by atoms with Gasteiger partial charge >= 0.3 is 5.97 Å². The predicted octanol–water partition coefficient (Wildman–Crippen LogP) is 2.91. The molecule has 1 amide bonds. The second-order valence-electron chi connectivity index (χ2n) is 5.64. The molecule has 7 nitrogen and oxygen atoms in total. The quantitative estimate of drug-likeness (QED) is 0.482. The number of nitrogens with one attached hydrogen (secondary N) is 2. The molecule has 0 atom stereocenters. The van der Waals surface area contributed by atoms with E-state index in [1.165, 1.54) is 18.9 Å². The highest BCUT2D eigenvalue weighted by molar-refractivity contribution is 7.99. The monoisotopic (exact) mass is 382 g/mol. The summed E-state index contributed by atoms with van der Waals surface area (Å²) in [6.45, 7) is 0. The van der Waals surface area contributed by atoms with Crippen LogP contribution in [0.25, 0.3) is 0 Å². The van der Waals surface area contributed by atoms with Crippen molar-refractivity contribution in [1.29, 1.82) is 0 Å². The van der Waals surface area contributed by atoms with Crippen LogP contribution in [0.2, 0.25) is 0 Å². The fourth-order valence-electron chi connectivity index (χ4n) is 2.38. The highest BCUT2D eigenvalue weighted by Crippen LogP contribution is 2.16. The van der Waals surface area contributed by atoms with Crippen LogP contribution in [0.5, 0.6) is 0 Å². The summed E-state index contributed by atoms with van der Waals surface area (Å²) in [5.41, 5.74) is 2.04. The van der Waals surface area contributed by atoms with E-state index in [1.54, 1.807) is 24.3 Å². The van der Waals surface area contributed by atoms with Gasteiger partial charge in [0.15, 0.2) is 0 Å². The van der Waals surface area contributed by atoms with Gasteiger partial charge in [-0.3, -0.25) is 9.89 Å². The van der Waals surface area contributed by atoms with E-state index in [9.17, 15) is 9.59 Å². The van der Waals surface area contributed by atoms with Gasteiger partial charge in [-0.25, -0.2) is 9.78 Å². The number of aromatic amines is 1. The Kier molecular flexibility index (Phi) is 6.22. The molecule has 27 heavy (non-hydrogen) atoms. The summed E-state index contributed by atoms with van der Waals surface area (Å²) >= 11 is 1.24. The van der Waals surface area contributed by atoms with E-state index in [2.05, 4.69) is 25.2 Å². The summed E-state index contributed by atoms with van der Waals surface area (Å²) in [5, 5.41) is 10.3. The minimum absolute atomic E-state index is 0.158. The first-order chi connectivity index (χ1) is 13.1. The molecule has 0 aliphatic heterocycles. The third-order valence-corrected chi connectivity index (χ3v) is 4.47. The molecule has 0 fully saturated rings. The van der Waals surface area contributed by atoms with Crippen LogP contribution in [0, 0.1) is 0 Å². The molecule has 3 rings (SSSR count). The number of hydrogen-bond acceptors (Lipinski definition) is 6.